The average Bonchev–Trinajstić information content (AvgIpc) is 3.30. The molecule has 0 N–H and O–H groups in total. The van der Waals surface area contributed by atoms with Crippen LogP contribution in [0.2, 0.25) is 0 Å². The summed E-state index contributed by atoms with van der Waals surface area (Å²) in [4.78, 5) is 32.4. The lowest BCUT2D eigenvalue weighted by Crippen LogP contribution is -2.29. The van der Waals surface area contributed by atoms with Crippen molar-refractivity contribution in [3.8, 4) is 0 Å². The summed E-state index contributed by atoms with van der Waals surface area (Å²) in [5.74, 6) is -0.921. The number of anilines is 1. The molecule has 29 heavy (non-hydrogen) atoms. The smallest absolute Gasteiger partial charge is 0.297 e. The Labute approximate surface area is 169 Å². The van der Waals surface area contributed by atoms with Gasteiger partial charge in [0, 0.05) is 11.6 Å². The fourth-order valence-electron chi connectivity index (χ4n) is 3.75. The number of fused-ring (bicyclic) bond motifs is 2. The van der Waals surface area contributed by atoms with Crippen molar-refractivity contribution in [1.82, 2.24) is 4.98 Å². The molecule has 3 heterocycles. The lowest BCUT2D eigenvalue weighted by Gasteiger charge is -2.22. The predicted octanol–water partition coefficient (Wildman–Crippen LogP) is 4.76. The van der Waals surface area contributed by atoms with E-state index in [9.17, 15) is 14.0 Å². The number of hydrogen-bond donors (Lipinski definition) is 0. The van der Waals surface area contributed by atoms with Gasteiger partial charge in [-0.05, 0) is 54.8 Å². The predicted molar refractivity (Wildman–Crippen MR) is 109 cm³/mol. The molecule has 0 aliphatic carbocycles. The Morgan fingerprint density at radius 3 is 2.66 bits per heavy atom. The Morgan fingerprint density at radius 2 is 1.93 bits per heavy atom. The van der Waals surface area contributed by atoms with Crippen molar-refractivity contribution in [2.45, 2.75) is 19.9 Å². The SMILES string of the molecule is Cc1cc2oc3c(c(=O)c2cc1C)[C@H](c1cccc(F)c1)N(c1nccs1)C3=O. The fraction of sp³-hybridized carbons (Fsp3) is 0.136. The standard InChI is InChI=1S/C22H15FN2O3S/c1-11-8-15-16(9-12(11)2)28-20-17(19(15)26)18(13-4-3-5-14(23)10-13)25(21(20)27)22-24-6-7-29-22/h3-10,18H,1-2H3/t18-/m0/s1. The average molecular weight is 406 g/mol. The minimum absolute atomic E-state index is 0.0183. The molecule has 1 amide bonds. The number of thiazole rings is 1. The molecule has 2 aromatic heterocycles. The van der Waals surface area contributed by atoms with Crippen LogP contribution in [0.5, 0.6) is 0 Å². The third-order valence-corrected chi connectivity index (χ3v) is 6.05. The van der Waals surface area contributed by atoms with Crippen LogP contribution >= 0.6 is 11.3 Å². The van der Waals surface area contributed by atoms with Crippen molar-refractivity contribution < 1.29 is 13.6 Å². The van der Waals surface area contributed by atoms with Gasteiger partial charge in [-0.1, -0.05) is 12.1 Å². The molecule has 0 saturated heterocycles. The molecule has 144 valence electrons. The van der Waals surface area contributed by atoms with E-state index in [1.807, 2.05) is 13.8 Å². The van der Waals surface area contributed by atoms with Crippen molar-refractivity contribution in [2.75, 3.05) is 4.90 Å². The maximum absolute atomic E-state index is 14.0. The lowest BCUT2D eigenvalue weighted by molar-refractivity contribution is 0.0971. The minimum atomic E-state index is -0.804. The Morgan fingerprint density at radius 1 is 1.14 bits per heavy atom. The van der Waals surface area contributed by atoms with Crippen LogP contribution in [0.3, 0.4) is 0 Å². The van der Waals surface area contributed by atoms with Crippen LogP contribution in [-0.2, 0) is 0 Å². The van der Waals surface area contributed by atoms with Gasteiger partial charge in [-0.2, -0.15) is 0 Å². The number of hydrogen-bond acceptors (Lipinski definition) is 5. The Kier molecular flexibility index (Phi) is 3.89. The Hall–Kier alpha value is -3.32. The normalized spacial score (nSPS) is 15.9. The van der Waals surface area contributed by atoms with E-state index < -0.39 is 17.8 Å². The van der Waals surface area contributed by atoms with Crippen molar-refractivity contribution in [3.63, 3.8) is 0 Å². The molecule has 0 bridgehead atoms. The summed E-state index contributed by atoms with van der Waals surface area (Å²) in [5.41, 5.74) is 2.70. The van der Waals surface area contributed by atoms with Gasteiger partial charge in [0.15, 0.2) is 10.6 Å². The topological polar surface area (TPSA) is 63.4 Å². The molecule has 0 saturated carbocycles. The lowest BCUT2D eigenvalue weighted by atomic mass is 9.97. The summed E-state index contributed by atoms with van der Waals surface area (Å²) in [6.07, 6.45) is 1.58. The number of benzene rings is 2. The second-order valence-electron chi connectivity index (χ2n) is 7.05. The Bertz CT molecular complexity index is 1340. The highest BCUT2D eigenvalue weighted by atomic mass is 32.1. The third kappa shape index (κ3) is 2.61. The number of aryl methyl sites for hydroxylation is 2. The van der Waals surface area contributed by atoms with Crippen molar-refractivity contribution >= 4 is 33.3 Å². The number of carbonyl (C=O) groups is 1. The van der Waals surface area contributed by atoms with Gasteiger partial charge in [0.2, 0.25) is 5.76 Å². The van der Waals surface area contributed by atoms with Crippen LogP contribution in [0.15, 0.2) is 57.2 Å². The fourth-order valence-corrected chi connectivity index (χ4v) is 4.42. The molecule has 2 aromatic carbocycles. The van der Waals surface area contributed by atoms with Crippen LogP contribution in [-0.4, -0.2) is 10.9 Å². The summed E-state index contributed by atoms with van der Waals surface area (Å²) >= 11 is 1.27. The van der Waals surface area contributed by atoms with Gasteiger partial charge in [-0.25, -0.2) is 9.37 Å². The zero-order valence-corrected chi connectivity index (χ0v) is 16.4. The van der Waals surface area contributed by atoms with Gasteiger partial charge in [0.05, 0.1) is 17.0 Å². The van der Waals surface area contributed by atoms with Gasteiger partial charge >= 0.3 is 0 Å². The second-order valence-corrected chi connectivity index (χ2v) is 7.93. The summed E-state index contributed by atoms with van der Waals surface area (Å²) < 4.78 is 19.9. The first-order valence-corrected chi connectivity index (χ1v) is 9.90. The molecule has 0 radical (unpaired) electrons. The number of amides is 1. The van der Waals surface area contributed by atoms with Gasteiger partial charge in [0.1, 0.15) is 11.4 Å². The molecule has 1 aliphatic rings. The third-order valence-electron chi connectivity index (χ3n) is 5.28. The molecule has 4 aromatic rings. The van der Waals surface area contributed by atoms with Gasteiger partial charge in [0.25, 0.3) is 5.91 Å². The van der Waals surface area contributed by atoms with Gasteiger partial charge in [-0.3, -0.25) is 14.5 Å². The van der Waals surface area contributed by atoms with E-state index in [0.717, 1.165) is 11.1 Å². The van der Waals surface area contributed by atoms with Crippen LogP contribution in [0, 0.1) is 19.7 Å². The highest BCUT2D eigenvalue weighted by molar-refractivity contribution is 7.13. The number of rotatable bonds is 2. The monoisotopic (exact) mass is 406 g/mol. The number of halogens is 1. The van der Waals surface area contributed by atoms with Crippen LogP contribution in [0.4, 0.5) is 9.52 Å². The summed E-state index contributed by atoms with van der Waals surface area (Å²) in [7, 11) is 0. The van der Waals surface area contributed by atoms with E-state index in [4.69, 9.17) is 4.42 Å². The zero-order valence-electron chi connectivity index (χ0n) is 15.6. The van der Waals surface area contributed by atoms with Crippen LogP contribution in [0.1, 0.15) is 38.9 Å². The summed E-state index contributed by atoms with van der Waals surface area (Å²) in [6.45, 7) is 3.83. The van der Waals surface area contributed by atoms with Crippen molar-refractivity contribution in [3.05, 3.63) is 92.0 Å². The highest BCUT2D eigenvalue weighted by Gasteiger charge is 2.44. The molecule has 0 spiro atoms. The van der Waals surface area contributed by atoms with Gasteiger partial charge < -0.3 is 4.42 Å². The van der Waals surface area contributed by atoms with Crippen LogP contribution in [0.25, 0.3) is 11.0 Å². The van der Waals surface area contributed by atoms with E-state index in [-0.39, 0.29) is 16.8 Å². The van der Waals surface area contributed by atoms with Crippen molar-refractivity contribution in [2.24, 2.45) is 0 Å². The van der Waals surface area contributed by atoms with Crippen molar-refractivity contribution in [1.29, 1.82) is 0 Å². The first kappa shape index (κ1) is 17.8. The molecule has 5 rings (SSSR count). The maximum Gasteiger partial charge on any atom is 0.297 e. The summed E-state index contributed by atoms with van der Waals surface area (Å²) in [6, 6.07) is 8.64. The first-order chi connectivity index (χ1) is 14.0. The van der Waals surface area contributed by atoms with E-state index >= 15 is 0 Å². The van der Waals surface area contributed by atoms with E-state index in [1.54, 1.807) is 35.8 Å². The van der Waals surface area contributed by atoms with E-state index in [1.165, 1.54) is 28.4 Å². The number of aromatic nitrogens is 1. The van der Waals surface area contributed by atoms with E-state index in [0.29, 0.717) is 21.7 Å². The number of carbonyl (C=O) groups excluding carboxylic acids is 1. The molecule has 0 unspecified atom stereocenters. The van der Waals surface area contributed by atoms with Crippen LogP contribution < -0.4 is 10.3 Å². The molecule has 1 aliphatic heterocycles. The van der Waals surface area contributed by atoms with E-state index in [2.05, 4.69) is 4.98 Å². The largest absolute Gasteiger partial charge is 0.450 e. The quantitative estimate of drug-likeness (QED) is 0.482. The van der Waals surface area contributed by atoms with Gasteiger partial charge in [-0.15, -0.1) is 11.3 Å². The highest BCUT2D eigenvalue weighted by Crippen LogP contribution is 2.42. The Balaban J connectivity index is 1.85. The number of nitrogens with zero attached hydrogens (tertiary/aromatic N) is 2. The molecule has 5 nitrogen and oxygen atoms in total. The zero-order chi connectivity index (χ0) is 20.3. The molecule has 7 heteroatoms. The minimum Gasteiger partial charge on any atom is -0.450 e. The molecular formula is C22H15FN2O3S. The maximum atomic E-state index is 14.0. The second kappa shape index (κ2) is 6.35. The molecule has 0 fully saturated rings. The summed E-state index contributed by atoms with van der Waals surface area (Å²) in [5, 5.41) is 2.57. The first-order valence-electron chi connectivity index (χ1n) is 9.02. The molecule has 1 atom stereocenters. The molecular weight excluding hydrogens is 391 g/mol.